The van der Waals surface area contributed by atoms with Gasteiger partial charge in [-0.1, -0.05) is 42.4 Å². The molecule has 1 aliphatic rings. The maximum absolute atomic E-state index is 12.6. The third-order valence-corrected chi connectivity index (χ3v) is 4.47. The van der Waals surface area contributed by atoms with Crippen LogP contribution in [0.5, 0.6) is 0 Å². The van der Waals surface area contributed by atoms with Crippen LogP contribution in [0.3, 0.4) is 0 Å². The molecule has 1 aromatic carbocycles. The van der Waals surface area contributed by atoms with E-state index < -0.39 is 6.10 Å². The molecule has 132 valence electrons. The summed E-state index contributed by atoms with van der Waals surface area (Å²) in [4.78, 5) is 18.0. The van der Waals surface area contributed by atoms with Gasteiger partial charge in [-0.25, -0.2) is 0 Å². The molecule has 0 bridgehead atoms. The number of nitrogens with one attached hydrogen (secondary N) is 1. The van der Waals surface area contributed by atoms with Gasteiger partial charge < -0.3 is 10.2 Å². The van der Waals surface area contributed by atoms with E-state index in [2.05, 4.69) is 22.5 Å². The Morgan fingerprint density at radius 3 is 2.76 bits per heavy atom. The summed E-state index contributed by atoms with van der Waals surface area (Å²) in [6.45, 7) is 6.83. The maximum Gasteiger partial charge on any atom is 0.264 e. The quantitative estimate of drug-likeness (QED) is 0.879. The molecule has 1 aliphatic heterocycles. The van der Waals surface area contributed by atoms with Crippen molar-refractivity contribution in [3.05, 3.63) is 53.3 Å². The van der Waals surface area contributed by atoms with Gasteiger partial charge in [-0.3, -0.25) is 9.48 Å². The van der Waals surface area contributed by atoms with Crippen LogP contribution in [-0.2, 0) is 16.2 Å². The minimum absolute atomic E-state index is 0.0223. The third kappa shape index (κ3) is 3.73. The summed E-state index contributed by atoms with van der Waals surface area (Å²) in [7, 11) is 0. The zero-order chi connectivity index (χ0) is 17.8. The monoisotopic (exact) mass is 340 g/mol. The Kier molecular flexibility index (Phi) is 5.16. The number of aryl methyl sites for hydroxylation is 2. The van der Waals surface area contributed by atoms with E-state index in [0.29, 0.717) is 6.42 Å². The fraction of sp³-hybridized carbons (Fsp3) is 0.421. The second-order valence-electron chi connectivity index (χ2n) is 6.20. The number of carbonyl (C=O) groups excluding carboxylic acids is 1. The van der Waals surface area contributed by atoms with Gasteiger partial charge in [-0.2, -0.15) is 5.10 Å². The SMILES string of the molecule is CCC(NC(=O)C1CC(c2cn(CC)nc2C)=NO1)c1ccccc1. The predicted octanol–water partition coefficient (Wildman–Crippen LogP) is 2.97. The van der Waals surface area contributed by atoms with Gasteiger partial charge in [-0.15, -0.1) is 0 Å². The molecule has 2 atom stereocenters. The van der Waals surface area contributed by atoms with Gasteiger partial charge in [-0.05, 0) is 25.8 Å². The summed E-state index contributed by atoms with van der Waals surface area (Å²) in [5.74, 6) is -0.130. The van der Waals surface area contributed by atoms with E-state index >= 15 is 0 Å². The molecule has 2 aromatic rings. The Morgan fingerprint density at radius 2 is 2.12 bits per heavy atom. The molecule has 0 aliphatic carbocycles. The first-order valence-corrected chi connectivity index (χ1v) is 8.74. The number of benzene rings is 1. The van der Waals surface area contributed by atoms with Gasteiger partial charge in [0.2, 0.25) is 6.10 Å². The number of nitrogens with zero attached hydrogens (tertiary/aromatic N) is 3. The van der Waals surface area contributed by atoms with E-state index in [9.17, 15) is 4.79 Å². The number of amides is 1. The molecular weight excluding hydrogens is 316 g/mol. The Bertz CT molecular complexity index is 767. The van der Waals surface area contributed by atoms with Gasteiger partial charge in [0.1, 0.15) is 0 Å². The van der Waals surface area contributed by atoms with E-state index in [1.165, 1.54) is 0 Å². The van der Waals surface area contributed by atoms with E-state index in [4.69, 9.17) is 4.84 Å². The van der Waals surface area contributed by atoms with Crippen LogP contribution in [0.25, 0.3) is 0 Å². The minimum Gasteiger partial charge on any atom is -0.382 e. The van der Waals surface area contributed by atoms with Gasteiger partial charge in [0.25, 0.3) is 5.91 Å². The van der Waals surface area contributed by atoms with Crippen LogP contribution in [0.15, 0.2) is 41.7 Å². The van der Waals surface area contributed by atoms with Crippen molar-refractivity contribution in [1.29, 1.82) is 0 Å². The first kappa shape index (κ1) is 17.2. The molecule has 2 unspecified atom stereocenters. The Morgan fingerprint density at radius 1 is 1.36 bits per heavy atom. The Labute approximate surface area is 147 Å². The Hall–Kier alpha value is -2.63. The van der Waals surface area contributed by atoms with Crippen molar-refractivity contribution in [2.45, 2.75) is 52.3 Å². The van der Waals surface area contributed by atoms with Gasteiger partial charge in [0.05, 0.1) is 17.4 Å². The van der Waals surface area contributed by atoms with Gasteiger partial charge in [0, 0.05) is 24.7 Å². The van der Waals surface area contributed by atoms with Crippen LogP contribution >= 0.6 is 0 Å². The van der Waals surface area contributed by atoms with E-state index in [0.717, 1.165) is 35.5 Å². The minimum atomic E-state index is -0.586. The molecule has 1 amide bonds. The second kappa shape index (κ2) is 7.51. The Balaban J connectivity index is 1.64. The van der Waals surface area contributed by atoms with Crippen molar-refractivity contribution < 1.29 is 9.63 Å². The molecule has 6 nitrogen and oxygen atoms in total. The smallest absolute Gasteiger partial charge is 0.264 e. The highest BCUT2D eigenvalue weighted by molar-refractivity contribution is 6.04. The van der Waals surface area contributed by atoms with Crippen molar-refractivity contribution in [3.63, 3.8) is 0 Å². The van der Waals surface area contributed by atoms with Crippen LogP contribution in [0.4, 0.5) is 0 Å². The lowest BCUT2D eigenvalue weighted by molar-refractivity contribution is -0.132. The summed E-state index contributed by atoms with van der Waals surface area (Å²) < 4.78 is 1.86. The van der Waals surface area contributed by atoms with E-state index in [-0.39, 0.29) is 11.9 Å². The molecular formula is C19H24N4O2. The second-order valence-corrected chi connectivity index (χ2v) is 6.20. The summed E-state index contributed by atoms with van der Waals surface area (Å²) in [5.41, 5.74) is 3.73. The number of carbonyl (C=O) groups is 1. The highest BCUT2D eigenvalue weighted by Crippen LogP contribution is 2.21. The van der Waals surface area contributed by atoms with E-state index in [1.54, 1.807) is 0 Å². The molecule has 1 N–H and O–H groups in total. The standard InChI is InChI=1S/C19H24N4O2/c1-4-16(14-9-7-6-8-10-14)20-19(24)18-11-17(22-25-18)15-12-23(5-2)21-13(15)3/h6-10,12,16,18H,4-5,11H2,1-3H3,(H,20,24). The van der Waals surface area contributed by atoms with Crippen molar-refractivity contribution in [2.75, 3.05) is 0 Å². The summed E-state index contributed by atoms with van der Waals surface area (Å²) in [6.07, 6.45) is 2.65. The fourth-order valence-corrected chi connectivity index (χ4v) is 3.01. The number of rotatable bonds is 6. The van der Waals surface area contributed by atoms with Crippen molar-refractivity contribution >= 4 is 11.6 Å². The molecule has 25 heavy (non-hydrogen) atoms. The topological polar surface area (TPSA) is 68.5 Å². The highest BCUT2D eigenvalue weighted by Gasteiger charge is 2.31. The van der Waals surface area contributed by atoms with Crippen LogP contribution in [0.2, 0.25) is 0 Å². The van der Waals surface area contributed by atoms with Crippen molar-refractivity contribution in [3.8, 4) is 0 Å². The lowest BCUT2D eigenvalue weighted by Gasteiger charge is -2.19. The number of hydrogen-bond donors (Lipinski definition) is 1. The zero-order valence-corrected chi connectivity index (χ0v) is 14.9. The molecule has 2 heterocycles. The summed E-state index contributed by atoms with van der Waals surface area (Å²) in [5, 5.41) is 11.6. The number of oxime groups is 1. The normalized spacial score (nSPS) is 17.7. The molecule has 1 aromatic heterocycles. The molecule has 3 rings (SSSR count). The van der Waals surface area contributed by atoms with Crippen LogP contribution in [0, 0.1) is 6.92 Å². The molecule has 0 saturated carbocycles. The van der Waals surface area contributed by atoms with Crippen LogP contribution < -0.4 is 5.32 Å². The lowest BCUT2D eigenvalue weighted by atomic mass is 10.0. The van der Waals surface area contributed by atoms with Crippen molar-refractivity contribution in [1.82, 2.24) is 15.1 Å². The molecule has 0 radical (unpaired) electrons. The van der Waals surface area contributed by atoms with Gasteiger partial charge >= 0.3 is 0 Å². The van der Waals surface area contributed by atoms with E-state index in [1.807, 2.05) is 55.1 Å². The highest BCUT2D eigenvalue weighted by atomic mass is 16.6. The summed E-state index contributed by atoms with van der Waals surface area (Å²) >= 11 is 0. The molecule has 0 spiro atoms. The third-order valence-electron chi connectivity index (χ3n) is 4.47. The number of hydrogen-bond acceptors (Lipinski definition) is 4. The average Bonchev–Trinajstić information content (AvgIpc) is 3.26. The first-order chi connectivity index (χ1) is 12.1. The van der Waals surface area contributed by atoms with Crippen LogP contribution in [0.1, 0.15) is 49.6 Å². The van der Waals surface area contributed by atoms with Crippen molar-refractivity contribution in [2.24, 2.45) is 5.16 Å². The summed E-state index contributed by atoms with van der Waals surface area (Å²) in [6, 6.07) is 9.95. The zero-order valence-electron chi connectivity index (χ0n) is 14.9. The first-order valence-electron chi connectivity index (χ1n) is 8.74. The predicted molar refractivity (Wildman–Crippen MR) is 96.3 cm³/mol. The van der Waals surface area contributed by atoms with Gasteiger partial charge in [0.15, 0.2) is 0 Å². The largest absolute Gasteiger partial charge is 0.382 e. The molecule has 6 heteroatoms. The lowest BCUT2D eigenvalue weighted by Crippen LogP contribution is -2.37. The average molecular weight is 340 g/mol. The maximum atomic E-state index is 12.6. The molecule has 0 fully saturated rings. The fourth-order valence-electron chi connectivity index (χ4n) is 3.01. The van der Waals surface area contributed by atoms with Crippen LogP contribution in [-0.4, -0.2) is 27.5 Å². The molecule has 0 saturated heterocycles. The number of aromatic nitrogens is 2.